The van der Waals surface area contributed by atoms with Crippen LogP contribution in [0.1, 0.15) is 10.5 Å². The molecule has 0 bridgehead atoms. The fourth-order valence-electron chi connectivity index (χ4n) is 2.22. The van der Waals surface area contributed by atoms with Gasteiger partial charge in [-0.25, -0.2) is 19.2 Å². The molecule has 0 saturated heterocycles. The number of halogens is 3. The average molecular weight is 396 g/mol. The third-order valence-electron chi connectivity index (χ3n) is 3.54. The topological polar surface area (TPSA) is 68.5 Å². The van der Waals surface area contributed by atoms with Crippen LogP contribution < -0.4 is 4.90 Å². The van der Waals surface area contributed by atoms with Gasteiger partial charge in [0.15, 0.2) is 17.3 Å². The zero-order chi connectivity index (χ0) is 18.8. The Labute approximate surface area is 158 Å². The van der Waals surface area contributed by atoms with Crippen molar-refractivity contribution in [2.24, 2.45) is 0 Å². The SMILES string of the molecule is COC(=O)c1nc(-c2ccc(F)c(Cl)c2)nc(N(C)c2ccco2)c1Cl. The number of nitrogens with zero attached hydrogens (tertiary/aromatic N) is 3. The lowest BCUT2D eigenvalue weighted by molar-refractivity contribution is 0.0594. The van der Waals surface area contributed by atoms with Crippen LogP contribution in [0.5, 0.6) is 0 Å². The molecule has 2 aromatic heterocycles. The molecular formula is C17H12Cl2FN3O3. The van der Waals surface area contributed by atoms with Gasteiger partial charge in [0, 0.05) is 18.7 Å². The fraction of sp³-hybridized carbons (Fsp3) is 0.118. The van der Waals surface area contributed by atoms with Crippen LogP contribution in [-0.4, -0.2) is 30.1 Å². The van der Waals surface area contributed by atoms with Gasteiger partial charge >= 0.3 is 5.97 Å². The second kappa shape index (κ2) is 7.31. The molecule has 0 aliphatic rings. The van der Waals surface area contributed by atoms with Crippen molar-refractivity contribution in [3.8, 4) is 11.4 Å². The quantitative estimate of drug-likeness (QED) is 0.594. The van der Waals surface area contributed by atoms with Gasteiger partial charge in [0.1, 0.15) is 10.8 Å². The van der Waals surface area contributed by atoms with Crippen molar-refractivity contribution >= 4 is 40.9 Å². The Balaban J connectivity index is 2.20. The first-order valence-electron chi connectivity index (χ1n) is 7.31. The molecule has 1 aromatic carbocycles. The van der Waals surface area contributed by atoms with Gasteiger partial charge in [0.05, 0.1) is 18.4 Å². The van der Waals surface area contributed by atoms with Crippen LogP contribution in [0.2, 0.25) is 10.0 Å². The smallest absolute Gasteiger partial charge is 0.358 e. The summed E-state index contributed by atoms with van der Waals surface area (Å²) in [6.45, 7) is 0. The van der Waals surface area contributed by atoms with Crippen LogP contribution in [0.3, 0.4) is 0 Å². The van der Waals surface area contributed by atoms with Crippen LogP contribution in [0.25, 0.3) is 11.4 Å². The van der Waals surface area contributed by atoms with E-state index in [1.54, 1.807) is 24.1 Å². The number of methoxy groups -OCH3 is 1. The Bertz CT molecular complexity index is 964. The first-order valence-corrected chi connectivity index (χ1v) is 8.06. The number of anilines is 2. The highest BCUT2D eigenvalue weighted by molar-refractivity contribution is 6.35. The van der Waals surface area contributed by atoms with Crippen LogP contribution >= 0.6 is 23.2 Å². The molecule has 2 heterocycles. The van der Waals surface area contributed by atoms with E-state index in [1.807, 2.05) is 0 Å². The number of rotatable bonds is 4. The molecule has 9 heteroatoms. The Morgan fingerprint density at radius 3 is 2.65 bits per heavy atom. The van der Waals surface area contributed by atoms with E-state index in [0.717, 1.165) is 0 Å². The van der Waals surface area contributed by atoms with E-state index in [0.29, 0.717) is 11.4 Å². The lowest BCUT2D eigenvalue weighted by atomic mass is 10.2. The molecule has 3 aromatic rings. The maximum Gasteiger partial charge on any atom is 0.358 e. The highest BCUT2D eigenvalue weighted by Crippen LogP contribution is 2.34. The van der Waals surface area contributed by atoms with E-state index in [2.05, 4.69) is 9.97 Å². The van der Waals surface area contributed by atoms with Crippen molar-refractivity contribution in [3.05, 3.63) is 58.2 Å². The van der Waals surface area contributed by atoms with Gasteiger partial charge in [-0.1, -0.05) is 23.2 Å². The third kappa shape index (κ3) is 3.36. The minimum Gasteiger partial charge on any atom is -0.464 e. The zero-order valence-electron chi connectivity index (χ0n) is 13.7. The third-order valence-corrected chi connectivity index (χ3v) is 4.18. The normalized spacial score (nSPS) is 10.7. The average Bonchev–Trinajstić information content (AvgIpc) is 3.17. The molecule has 0 aliphatic heterocycles. The maximum absolute atomic E-state index is 13.4. The standard InChI is InChI=1S/C17H12Cl2FN3O3/c1-23(12-4-3-7-26-12)16-13(19)14(17(24)25-2)21-15(22-16)9-5-6-11(20)10(18)8-9/h3-8H,1-2H3. The number of furan rings is 1. The molecule has 0 N–H and O–H groups in total. The number of carbonyl (C=O) groups excluding carboxylic acids is 1. The molecule has 0 radical (unpaired) electrons. The molecule has 0 spiro atoms. The van der Waals surface area contributed by atoms with Crippen molar-refractivity contribution in [2.75, 3.05) is 19.1 Å². The van der Waals surface area contributed by atoms with Gasteiger partial charge in [0.25, 0.3) is 0 Å². The summed E-state index contributed by atoms with van der Waals surface area (Å²) in [5.41, 5.74) is 0.278. The van der Waals surface area contributed by atoms with Gasteiger partial charge in [-0.05, 0) is 24.3 Å². The van der Waals surface area contributed by atoms with Gasteiger partial charge in [-0.3, -0.25) is 4.90 Å². The Hall–Kier alpha value is -2.64. The van der Waals surface area contributed by atoms with E-state index in [1.165, 1.54) is 31.6 Å². The summed E-state index contributed by atoms with van der Waals surface area (Å²) in [6, 6.07) is 7.39. The number of carbonyl (C=O) groups is 1. The van der Waals surface area contributed by atoms with Crippen molar-refractivity contribution in [3.63, 3.8) is 0 Å². The summed E-state index contributed by atoms with van der Waals surface area (Å²) in [4.78, 5) is 22.2. The summed E-state index contributed by atoms with van der Waals surface area (Å²) in [6.07, 6.45) is 1.49. The number of hydrogen-bond acceptors (Lipinski definition) is 6. The maximum atomic E-state index is 13.4. The molecule has 0 fully saturated rings. The van der Waals surface area contributed by atoms with Crippen LogP contribution in [0.15, 0.2) is 41.0 Å². The summed E-state index contributed by atoms with van der Waals surface area (Å²) in [5.74, 6) is -0.520. The van der Waals surface area contributed by atoms with Crippen LogP contribution in [-0.2, 0) is 4.74 Å². The number of hydrogen-bond donors (Lipinski definition) is 0. The van der Waals surface area contributed by atoms with Crippen LogP contribution in [0, 0.1) is 5.82 Å². The highest BCUT2D eigenvalue weighted by Gasteiger charge is 2.24. The number of esters is 1. The molecule has 3 rings (SSSR count). The predicted molar refractivity (Wildman–Crippen MR) is 95.6 cm³/mol. The monoisotopic (exact) mass is 395 g/mol. The lowest BCUT2D eigenvalue weighted by Crippen LogP contribution is -2.16. The Morgan fingerprint density at radius 1 is 1.27 bits per heavy atom. The minimum atomic E-state index is -0.735. The van der Waals surface area contributed by atoms with Crippen molar-refractivity contribution in [1.29, 1.82) is 0 Å². The van der Waals surface area contributed by atoms with Crippen molar-refractivity contribution < 1.29 is 18.3 Å². The Morgan fingerprint density at radius 2 is 2.04 bits per heavy atom. The van der Waals surface area contributed by atoms with Crippen molar-refractivity contribution in [1.82, 2.24) is 9.97 Å². The van der Waals surface area contributed by atoms with E-state index in [4.69, 9.17) is 32.4 Å². The zero-order valence-corrected chi connectivity index (χ0v) is 15.2. The molecule has 26 heavy (non-hydrogen) atoms. The predicted octanol–water partition coefficient (Wildman–Crippen LogP) is 4.74. The van der Waals surface area contributed by atoms with Gasteiger partial charge in [0.2, 0.25) is 5.88 Å². The number of aromatic nitrogens is 2. The summed E-state index contributed by atoms with van der Waals surface area (Å²) in [7, 11) is 2.88. The molecule has 134 valence electrons. The van der Waals surface area contributed by atoms with Gasteiger partial charge < -0.3 is 9.15 Å². The van der Waals surface area contributed by atoms with E-state index in [-0.39, 0.29) is 27.4 Å². The van der Waals surface area contributed by atoms with E-state index in [9.17, 15) is 9.18 Å². The summed E-state index contributed by atoms with van der Waals surface area (Å²) >= 11 is 12.1. The Kier molecular flexibility index (Phi) is 5.11. The highest BCUT2D eigenvalue weighted by atomic mass is 35.5. The largest absolute Gasteiger partial charge is 0.464 e. The summed E-state index contributed by atoms with van der Waals surface area (Å²) in [5, 5.41) is -0.102. The molecule has 0 unspecified atom stereocenters. The molecule has 6 nitrogen and oxygen atoms in total. The molecular weight excluding hydrogens is 384 g/mol. The first kappa shape index (κ1) is 18.2. The van der Waals surface area contributed by atoms with Gasteiger partial charge in [-0.15, -0.1) is 0 Å². The minimum absolute atomic E-state index is 0.00675. The van der Waals surface area contributed by atoms with E-state index >= 15 is 0 Å². The molecule has 0 saturated carbocycles. The summed E-state index contributed by atoms with van der Waals surface area (Å²) < 4.78 is 23.5. The lowest BCUT2D eigenvalue weighted by Gasteiger charge is -2.18. The molecule has 0 atom stereocenters. The van der Waals surface area contributed by atoms with Crippen molar-refractivity contribution in [2.45, 2.75) is 0 Å². The molecule has 0 amide bonds. The second-order valence-corrected chi connectivity index (χ2v) is 5.95. The second-order valence-electron chi connectivity index (χ2n) is 5.16. The van der Waals surface area contributed by atoms with Gasteiger partial charge in [-0.2, -0.15) is 0 Å². The van der Waals surface area contributed by atoms with E-state index < -0.39 is 11.8 Å². The first-order chi connectivity index (χ1) is 12.4. The van der Waals surface area contributed by atoms with Crippen LogP contribution in [0.4, 0.5) is 16.1 Å². The number of ether oxygens (including phenoxy) is 1. The number of benzene rings is 1. The molecule has 0 aliphatic carbocycles. The fourth-order valence-corrected chi connectivity index (χ4v) is 2.69.